The van der Waals surface area contributed by atoms with Gasteiger partial charge in [0.25, 0.3) is 0 Å². The lowest BCUT2D eigenvalue weighted by molar-refractivity contribution is 0.180. The number of rotatable bonds is 9. The van der Waals surface area contributed by atoms with E-state index in [-0.39, 0.29) is 0 Å². The van der Waals surface area contributed by atoms with Gasteiger partial charge in [-0.3, -0.25) is 4.99 Å². The first kappa shape index (κ1) is 19.5. The van der Waals surface area contributed by atoms with E-state index in [0.29, 0.717) is 5.92 Å². The number of benzene rings is 1. The zero-order chi connectivity index (χ0) is 17.9. The van der Waals surface area contributed by atoms with Gasteiger partial charge in [-0.1, -0.05) is 18.2 Å². The maximum absolute atomic E-state index is 5.73. The second kappa shape index (κ2) is 10.9. The number of likely N-dealkylation sites (N-methyl/N-ethyl adjacent to an activating group) is 1. The highest BCUT2D eigenvalue weighted by molar-refractivity contribution is 5.79. The van der Waals surface area contributed by atoms with Gasteiger partial charge in [0.05, 0.1) is 6.61 Å². The summed E-state index contributed by atoms with van der Waals surface area (Å²) in [6.45, 7) is 5.34. The Bertz CT molecular complexity index is 536. The Hall–Kier alpha value is -1.79. The highest BCUT2D eigenvalue weighted by Crippen LogP contribution is 2.32. The van der Waals surface area contributed by atoms with Gasteiger partial charge in [-0.2, -0.15) is 0 Å². The molecule has 140 valence electrons. The fourth-order valence-corrected chi connectivity index (χ4v) is 3.02. The lowest BCUT2D eigenvalue weighted by Crippen LogP contribution is -2.42. The molecule has 1 aromatic rings. The van der Waals surface area contributed by atoms with E-state index in [0.717, 1.165) is 63.9 Å². The second-order valence-corrected chi connectivity index (χ2v) is 6.40. The summed E-state index contributed by atoms with van der Waals surface area (Å²) in [7, 11) is 5.69. The minimum Gasteiger partial charge on any atom is -0.493 e. The van der Waals surface area contributed by atoms with Gasteiger partial charge in [-0.05, 0) is 31.5 Å². The molecule has 6 nitrogen and oxygen atoms in total. The molecule has 1 atom stereocenters. The van der Waals surface area contributed by atoms with Crippen LogP contribution in [0.25, 0.3) is 0 Å². The SMILES string of the molecule is CN=C(NCCN(C)CCCOC)NCC1CCOc2ccccc21. The van der Waals surface area contributed by atoms with Crippen LogP contribution < -0.4 is 15.4 Å². The molecule has 1 aliphatic rings. The van der Waals surface area contributed by atoms with Crippen LogP contribution in [0.3, 0.4) is 0 Å². The molecule has 2 rings (SSSR count). The van der Waals surface area contributed by atoms with Gasteiger partial charge in [0.2, 0.25) is 0 Å². The summed E-state index contributed by atoms with van der Waals surface area (Å²) in [4.78, 5) is 6.62. The lowest BCUT2D eigenvalue weighted by atomic mass is 9.93. The smallest absolute Gasteiger partial charge is 0.191 e. The summed E-state index contributed by atoms with van der Waals surface area (Å²) in [6, 6.07) is 8.31. The van der Waals surface area contributed by atoms with Crippen molar-refractivity contribution in [1.29, 1.82) is 0 Å². The molecule has 0 aromatic heterocycles. The monoisotopic (exact) mass is 348 g/mol. The number of para-hydroxylation sites is 1. The van der Waals surface area contributed by atoms with Gasteiger partial charge < -0.3 is 25.0 Å². The molecule has 1 aliphatic heterocycles. The zero-order valence-corrected chi connectivity index (χ0v) is 15.8. The predicted octanol–water partition coefficient (Wildman–Crippen LogP) is 1.69. The van der Waals surface area contributed by atoms with E-state index in [1.165, 1.54) is 5.56 Å². The van der Waals surface area contributed by atoms with Gasteiger partial charge in [-0.25, -0.2) is 0 Å². The minimum atomic E-state index is 0.459. The number of methoxy groups -OCH3 is 1. The number of hydrogen-bond acceptors (Lipinski definition) is 4. The van der Waals surface area contributed by atoms with Crippen molar-refractivity contribution >= 4 is 5.96 Å². The van der Waals surface area contributed by atoms with Crippen molar-refractivity contribution in [2.45, 2.75) is 18.8 Å². The number of nitrogens with zero attached hydrogens (tertiary/aromatic N) is 2. The van der Waals surface area contributed by atoms with Gasteiger partial charge in [0.15, 0.2) is 5.96 Å². The summed E-state index contributed by atoms with van der Waals surface area (Å²) in [5.74, 6) is 2.33. The van der Waals surface area contributed by atoms with Crippen LogP contribution in [0.2, 0.25) is 0 Å². The summed E-state index contributed by atoms with van der Waals surface area (Å²) < 4.78 is 10.8. The molecule has 0 saturated heterocycles. The fraction of sp³-hybridized carbons (Fsp3) is 0.632. The largest absolute Gasteiger partial charge is 0.493 e. The van der Waals surface area contributed by atoms with E-state index in [1.807, 2.05) is 19.2 Å². The first-order chi connectivity index (χ1) is 12.2. The van der Waals surface area contributed by atoms with Gasteiger partial charge in [0, 0.05) is 52.9 Å². The van der Waals surface area contributed by atoms with E-state index < -0.39 is 0 Å². The third kappa shape index (κ3) is 6.55. The van der Waals surface area contributed by atoms with Gasteiger partial charge in [-0.15, -0.1) is 0 Å². The van der Waals surface area contributed by atoms with E-state index in [1.54, 1.807) is 7.11 Å². The van der Waals surface area contributed by atoms with Crippen molar-refractivity contribution in [1.82, 2.24) is 15.5 Å². The zero-order valence-electron chi connectivity index (χ0n) is 15.8. The molecule has 0 spiro atoms. The molecule has 25 heavy (non-hydrogen) atoms. The Kier molecular flexibility index (Phi) is 8.55. The highest BCUT2D eigenvalue weighted by Gasteiger charge is 2.20. The van der Waals surface area contributed by atoms with Gasteiger partial charge in [0.1, 0.15) is 5.75 Å². The standard InChI is InChI=1S/C19H32N4O2/c1-20-19(21-10-12-23(2)11-6-13-24-3)22-15-16-9-14-25-18-8-5-4-7-17(16)18/h4-5,7-8,16H,6,9-15H2,1-3H3,(H2,20,21,22). The molecule has 1 aromatic carbocycles. The van der Waals surface area contributed by atoms with Crippen LogP contribution in [0.15, 0.2) is 29.3 Å². The predicted molar refractivity (Wildman–Crippen MR) is 103 cm³/mol. The summed E-state index contributed by atoms with van der Waals surface area (Å²) in [5.41, 5.74) is 1.29. The number of aliphatic imine (C=N–C) groups is 1. The first-order valence-corrected chi connectivity index (χ1v) is 9.08. The Morgan fingerprint density at radius 1 is 1.32 bits per heavy atom. The third-order valence-corrected chi connectivity index (χ3v) is 4.50. The Labute approximate surface area is 151 Å². The molecule has 6 heteroatoms. The molecule has 0 fully saturated rings. The van der Waals surface area contributed by atoms with E-state index in [4.69, 9.17) is 9.47 Å². The highest BCUT2D eigenvalue weighted by atomic mass is 16.5. The van der Waals surface area contributed by atoms with Crippen molar-refractivity contribution < 1.29 is 9.47 Å². The third-order valence-electron chi connectivity index (χ3n) is 4.50. The summed E-state index contributed by atoms with van der Waals surface area (Å²) >= 11 is 0. The molecule has 0 radical (unpaired) electrons. The van der Waals surface area contributed by atoms with E-state index >= 15 is 0 Å². The fourth-order valence-electron chi connectivity index (χ4n) is 3.02. The summed E-state index contributed by atoms with van der Waals surface area (Å²) in [5, 5.41) is 6.84. The normalized spacial score (nSPS) is 17.1. The maximum atomic E-state index is 5.73. The van der Waals surface area contributed by atoms with Crippen molar-refractivity contribution in [3.05, 3.63) is 29.8 Å². The molecule has 0 bridgehead atoms. The molecule has 0 saturated carbocycles. The molecule has 0 aliphatic carbocycles. The number of hydrogen-bond donors (Lipinski definition) is 2. The molecule has 1 heterocycles. The molecule has 0 amide bonds. The van der Waals surface area contributed by atoms with Crippen LogP contribution in [0.4, 0.5) is 0 Å². The van der Waals surface area contributed by atoms with E-state index in [9.17, 15) is 0 Å². The topological polar surface area (TPSA) is 58.1 Å². The molecule has 1 unspecified atom stereocenters. The van der Waals surface area contributed by atoms with Crippen molar-refractivity contribution in [3.8, 4) is 5.75 Å². The quantitative estimate of drug-likeness (QED) is 0.404. The van der Waals surface area contributed by atoms with Crippen molar-refractivity contribution in [2.75, 3.05) is 60.6 Å². The Morgan fingerprint density at radius 2 is 2.16 bits per heavy atom. The van der Waals surface area contributed by atoms with Crippen LogP contribution in [-0.2, 0) is 4.74 Å². The molecule has 2 N–H and O–H groups in total. The van der Waals surface area contributed by atoms with Crippen molar-refractivity contribution in [3.63, 3.8) is 0 Å². The van der Waals surface area contributed by atoms with Crippen LogP contribution in [0, 0.1) is 0 Å². The van der Waals surface area contributed by atoms with Gasteiger partial charge >= 0.3 is 0 Å². The van der Waals surface area contributed by atoms with Crippen LogP contribution in [0.1, 0.15) is 24.3 Å². The average molecular weight is 348 g/mol. The number of nitrogens with one attached hydrogen (secondary N) is 2. The number of guanidine groups is 1. The van der Waals surface area contributed by atoms with Crippen LogP contribution in [0.5, 0.6) is 5.75 Å². The molecular weight excluding hydrogens is 316 g/mol. The maximum Gasteiger partial charge on any atom is 0.191 e. The second-order valence-electron chi connectivity index (χ2n) is 6.40. The van der Waals surface area contributed by atoms with E-state index in [2.05, 4.69) is 39.7 Å². The Morgan fingerprint density at radius 3 is 2.96 bits per heavy atom. The van der Waals surface area contributed by atoms with Crippen molar-refractivity contribution in [2.24, 2.45) is 4.99 Å². The molecular formula is C19H32N4O2. The Balaban J connectivity index is 1.71. The first-order valence-electron chi connectivity index (χ1n) is 9.08. The average Bonchev–Trinajstić information content (AvgIpc) is 2.64. The van der Waals surface area contributed by atoms with Crippen LogP contribution in [-0.4, -0.2) is 71.5 Å². The minimum absolute atomic E-state index is 0.459. The van der Waals surface area contributed by atoms with Crippen LogP contribution >= 0.6 is 0 Å². The number of fused-ring (bicyclic) bond motifs is 1. The lowest BCUT2D eigenvalue weighted by Gasteiger charge is -2.26. The summed E-state index contributed by atoms with van der Waals surface area (Å²) in [6.07, 6.45) is 2.09. The number of ether oxygens (including phenoxy) is 2.